The Morgan fingerprint density at radius 3 is 2.00 bits per heavy atom. The van der Waals surface area contributed by atoms with Crippen LogP contribution in [-0.4, -0.2) is 20.9 Å². The highest BCUT2D eigenvalue weighted by molar-refractivity contribution is 5.53. The van der Waals surface area contributed by atoms with Gasteiger partial charge in [0.2, 0.25) is 5.95 Å². The molecule has 1 aromatic carbocycles. The number of hydrogen-bond acceptors (Lipinski definition) is 3. The van der Waals surface area contributed by atoms with E-state index < -0.39 is 56.5 Å². The summed E-state index contributed by atoms with van der Waals surface area (Å²) in [4.78, 5) is 9.61. The molecular formula is C12H4F9N3O2. The molecule has 0 saturated carbocycles. The Kier molecular flexibility index (Phi) is 4.41. The molecule has 0 radical (unpaired) electrons. The molecule has 0 unspecified atom stereocenters. The van der Waals surface area contributed by atoms with Crippen molar-refractivity contribution in [3.05, 3.63) is 51.6 Å². The second-order valence-corrected chi connectivity index (χ2v) is 4.74. The number of alkyl halides is 8. The van der Waals surface area contributed by atoms with Gasteiger partial charge in [0.25, 0.3) is 5.69 Å². The van der Waals surface area contributed by atoms with Gasteiger partial charge in [0, 0.05) is 6.07 Å². The smallest absolute Gasteiger partial charge is 0.258 e. The quantitative estimate of drug-likeness (QED) is 0.435. The zero-order chi connectivity index (χ0) is 20.1. The van der Waals surface area contributed by atoms with Crippen LogP contribution in [0.15, 0.2) is 24.3 Å². The van der Waals surface area contributed by atoms with Crippen LogP contribution >= 0.6 is 0 Å². The van der Waals surface area contributed by atoms with Crippen LogP contribution in [0.1, 0.15) is 11.3 Å². The molecule has 0 atom stereocenters. The van der Waals surface area contributed by atoms with Crippen LogP contribution in [0.25, 0.3) is 5.69 Å². The number of nitro groups is 1. The maximum absolute atomic E-state index is 13.7. The lowest BCUT2D eigenvalue weighted by molar-refractivity contribution is -0.384. The Balaban J connectivity index is 2.97. The molecule has 0 saturated heterocycles. The fourth-order valence-electron chi connectivity index (χ4n) is 2.04. The molecule has 5 nitrogen and oxygen atoms in total. The summed E-state index contributed by atoms with van der Waals surface area (Å²) < 4.78 is 117. The molecule has 1 aromatic heterocycles. The Labute approximate surface area is 136 Å². The largest absolute Gasteiger partial charge is 0.459 e. The monoisotopic (exact) mass is 393 g/mol. The van der Waals surface area contributed by atoms with Gasteiger partial charge in [-0.2, -0.15) is 39.5 Å². The van der Waals surface area contributed by atoms with Crippen LogP contribution in [0.3, 0.4) is 0 Å². The minimum absolute atomic E-state index is 0.542. The van der Waals surface area contributed by atoms with Crippen molar-refractivity contribution >= 4 is 5.69 Å². The Morgan fingerprint density at radius 1 is 1.00 bits per heavy atom. The maximum Gasteiger partial charge on any atom is 0.459 e. The molecule has 2 aromatic rings. The van der Waals surface area contributed by atoms with Gasteiger partial charge in [-0.1, -0.05) is 12.1 Å². The number of rotatable bonds is 3. The highest BCUT2D eigenvalue weighted by Gasteiger charge is 2.64. The number of benzene rings is 1. The second-order valence-electron chi connectivity index (χ2n) is 4.74. The van der Waals surface area contributed by atoms with Crippen LogP contribution in [0.4, 0.5) is 45.2 Å². The van der Waals surface area contributed by atoms with Gasteiger partial charge >= 0.3 is 18.3 Å². The summed E-state index contributed by atoms with van der Waals surface area (Å²) in [5.41, 5.74) is -8.25. The molecular weight excluding hydrogens is 389 g/mol. The molecule has 0 aliphatic carbocycles. The first kappa shape index (κ1) is 19.5. The third-order valence-corrected chi connectivity index (χ3v) is 3.09. The van der Waals surface area contributed by atoms with E-state index in [1.807, 2.05) is 0 Å². The maximum atomic E-state index is 13.7. The van der Waals surface area contributed by atoms with E-state index in [0.717, 1.165) is 12.1 Å². The summed E-state index contributed by atoms with van der Waals surface area (Å²) in [5, 5.41) is 13.3. The zero-order valence-electron chi connectivity index (χ0n) is 11.9. The third-order valence-electron chi connectivity index (χ3n) is 3.09. The molecule has 0 aliphatic rings. The number of halogens is 9. The van der Waals surface area contributed by atoms with Gasteiger partial charge in [0.05, 0.1) is 4.92 Å². The van der Waals surface area contributed by atoms with Crippen LogP contribution < -0.4 is 0 Å². The molecule has 0 N–H and O–H groups in total. The van der Waals surface area contributed by atoms with Crippen molar-refractivity contribution < 1.29 is 44.4 Å². The van der Waals surface area contributed by atoms with Crippen molar-refractivity contribution in [2.75, 3.05) is 0 Å². The van der Waals surface area contributed by atoms with E-state index in [-0.39, 0.29) is 0 Å². The van der Waals surface area contributed by atoms with E-state index in [0.29, 0.717) is 12.1 Å². The van der Waals surface area contributed by atoms with Gasteiger partial charge in [-0.3, -0.25) is 10.1 Å². The minimum atomic E-state index is -6.55. The molecule has 1 heterocycles. The second kappa shape index (κ2) is 5.88. The third kappa shape index (κ3) is 3.06. The van der Waals surface area contributed by atoms with E-state index in [1.54, 1.807) is 0 Å². The molecule has 0 amide bonds. The summed E-state index contributed by atoms with van der Waals surface area (Å²) in [5.74, 6) is -8.89. The average molecular weight is 393 g/mol. The average Bonchev–Trinajstić information content (AvgIpc) is 2.84. The standard InChI is InChI=1S/C12H4F9N3O2/c13-9-7(11(16,17)18)8(10(14,15)12(19,20)21)23(22-9)5-3-1-2-4-6(5)24(25)26/h1-4H. The normalized spacial score (nSPS) is 13.1. The highest BCUT2D eigenvalue weighted by atomic mass is 19.4. The van der Waals surface area contributed by atoms with Crippen molar-refractivity contribution in [2.45, 2.75) is 18.3 Å². The molecule has 0 bridgehead atoms. The number of nitrogens with zero attached hydrogens (tertiary/aromatic N) is 3. The van der Waals surface area contributed by atoms with Gasteiger partial charge in [-0.25, -0.2) is 4.68 Å². The number of nitro benzene ring substituents is 1. The van der Waals surface area contributed by atoms with E-state index in [1.165, 1.54) is 0 Å². The number of hydrogen-bond donors (Lipinski definition) is 0. The summed E-state index contributed by atoms with van der Waals surface area (Å²) >= 11 is 0. The van der Waals surface area contributed by atoms with Crippen LogP contribution in [-0.2, 0) is 12.1 Å². The SMILES string of the molecule is O=[N+]([O-])c1ccccc1-n1nc(F)c(C(F)(F)F)c1C(F)(F)C(F)(F)F. The van der Waals surface area contributed by atoms with Gasteiger partial charge in [0.15, 0.2) is 0 Å². The van der Waals surface area contributed by atoms with Gasteiger partial charge in [-0.15, -0.1) is 5.10 Å². The lowest BCUT2D eigenvalue weighted by Crippen LogP contribution is -2.37. The van der Waals surface area contributed by atoms with Crippen LogP contribution in [0.5, 0.6) is 0 Å². The van der Waals surface area contributed by atoms with E-state index in [9.17, 15) is 49.6 Å². The van der Waals surface area contributed by atoms with Crippen LogP contribution in [0.2, 0.25) is 0 Å². The highest BCUT2D eigenvalue weighted by Crippen LogP contribution is 2.49. The first-order valence-corrected chi connectivity index (χ1v) is 6.24. The summed E-state index contributed by atoms with van der Waals surface area (Å²) in [6, 6.07) is 3.01. The van der Waals surface area contributed by atoms with Crippen molar-refractivity contribution in [2.24, 2.45) is 0 Å². The van der Waals surface area contributed by atoms with Gasteiger partial charge in [-0.05, 0) is 6.07 Å². The number of aromatic nitrogens is 2. The summed E-state index contributed by atoms with van der Waals surface area (Å²) in [6.07, 6.45) is -12.5. The molecule has 14 heteroatoms. The van der Waals surface area contributed by atoms with Crippen LogP contribution in [0, 0.1) is 16.1 Å². The first-order valence-electron chi connectivity index (χ1n) is 6.24. The van der Waals surface area contributed by atoms with Crippen molar-refractivity contribution in [1.29, 1.82) is 0 Å². The first-order chi connectivity index (χ1) is 11.7. The van der Waals surface area contributed by atoms with Gasteiger partial charge < -0.3 is 0 Å². The van der Waals surface area contributed by atoms with E-state index in [2.05, 4.69) is 5.10 Å². The van der Waals surface area contributed by atoms with Crippen molar-refractivity contribution in [3.8, 4) is 5.69 Å². The van der Waals surface area contributed by atoms with Gasteiger partial charge in [0.1, 0.15) is 16.9 Å². The topological polar surface area (TPSA) is 61.0 Å². The molecule has 26 heavy (non-hydrogen) atoms. The molecule has 0 aliphatic heterocycles. The lowest BCUT2D eigenvalue weighted by atomic mass is 10.1. The number of para-hydroxylation sites is 2. The Morgan fingerprint density at radius 2 is 1.54 bits per heavy atom. The predicted octanol–water partition coefficient (Wildman–Crippen LogP) is 4.59. The molecule has 0 fully saturated rings. The van der Waals surface area contributed by atoms with E-state index >= 15 is 0 Å². The fourth-order valence-corrected chi connectivity index (χ4v) is 2.04. The fraction of sp³-hybridized carbons (Fsp3) is 0.250. The van der Waals surface area contributed by atoms with E-state index in [4.69, 9.17) is 0 Å². The molecule has 2 rings (SSSR count). The summed E-state index contributed by atoms with van der Waals surface area (Å²) in [7, 11) is 0. The minimum Gasteiger partial charge on any atom is -0.258 e. The summed E-state index contributed by atoms with van der Waals surface area (Å²) in [6.45, 7) is 0. The zero-order valence-corrected chi connectivity index (χ0v) is 11.9. The van der Waals surface area contributed by atoms with Crippen molar-refractivity contribution in [1.82, 2.24) is 9.78 Å². The molecule has 0 spiro atoms. The molecule has 142 valence electrons. The predicted molar refractivity (Wildman–Crippen MR) is 65.1 cm³/mol. The van der Waals surface area contributed by atoms with Crippen molar-refractivity contribution in [3.63, 3.8) is 0 Å². The Hall–Kier alpha value is -2.80. The lowest BCUT2D eigenvalue weighted by Gasteiger charge is -2.22. The Bertz CT molecular complexity index is 855.